The van der Waals surface area contributed by atoms with E-state index in [9.17, 15) is 94.1 Å². The molecule has 280 valence electrons. The first kappa shape index (κ1) is 44.7. The number of rotatable bonds is 17. The lowest BCUT2D eigenvalue weighted by Crippen LogP contribution is -2.74. The van der Waals surface area contributed by atoms with E-state index in [0.717, 1.165) is 13.8 Å². The Morgan fingerprint density at radius 3 is 1.21 bits per heavy atom. The Labute approximate surface area is 257 Å². The van der Waals surface area contributed by atoms with E-state index in [2.05, 4.69) is 27.4 Å². The molecule has 0 fully saturated rings. The SMILES string of the molecule is C=C(C)C(=O)OCC(C)(COC(=O)C(=C)C)C(=O)OC(CO)CC(F)(F)C(F)(F)C(F)(F)C(F)(F)C(F)(F)C(F)(F)C(F)(F)C(F)(F)F. The topological polar surface area (TPSA) is 99.1 Å². The van der Waals surface area contributed by atoms with Crippen molar-refractivity contribution in [2.45, 2.75) is 80.9 Å². The summed E-state index contributed by atoms with van der Waals surface area (Å²) in [6, 6.07) is 0. The van der Waals surface area contributed by atoms with Crippen LogP contribution >= 0.6 is 0 Å². The van der Waals surface area contributed by atoms with Gasteiger partial charge >= 0.3 is 65.5 Å². The summed E-state index contributed by atoms with van der Waals surface area (Å²) in [5.41, 5.74) is -3.26. The van der Waals surface area contributed by atoms with Gasteiger partial charge in [0.2, 0.25) is 0 Å². The minimum atomic E-state index is -8.84. The highest BCUT2D eigenvalue weighted by atomic mass is 19.4. The van der Waals surface area contributed by atoms with Gasteiger partial charge in [0.25, 0.3) is 0 Å². The molecule has 1 unspecified atom stereocenters. The van der Waals surface area contributed by atoms with E-state index in [1.165, 1.54) is 0 Å². The summed E-state index contributed by atoms with van der Waals surface area (Å²) in [6.07, 6.45) is -14.5. The third kappa shape index (κ3) is 7.92. The Morgan fingerprint density at radius 1 is 0.604 bits per heavy atom. The molecule has 0 aromatic carbocycles. The van der Waals surface area contributed by atoms with E-state index in [-0.39, 0.29) is 11.1 Å². The Bertz CT molecular complexity index is 1210. The van der Waals surface area contributed by atoms with E-state index < -0.39 is 103 Å². The van der Waals surface area contributed by atoms with Gasteiger partial charge < -0.3 is 19.3 Å². The summed E-state index contributed by atoms with van der Waals surface area (Å²) in [7, 11) is 0. The first-order valence-electron chi connectivity index (χ1n) is 12.2. The van der Waals surface area contributed by atoms with Crippen molar-refractivity contribution in [3.05, 3.63) is 24.3 Å². The van der Waals surface area contributed by atoms with Crippen LogP contribution in [-0.2, 0) is 28.6 Å². The minimum Gasteiger partial charge on any atom is -0.461 e. The number of alkyl halides is 17. The van der Waals surface area contributed by atoms with E-state index in [0.29, 0.717) is 6.92 Å². The van der Waals surface area contributed by atoms with Crippen molar-refractivity contribution in [1.29, 1.82) is 0 Å². The van der Waals surface area contributed by atoms with Crippen molar-refractivity contribution in [1.82, 2.24) is 0 Å². The highest BCUT2D eigenvalue weighted by molar-refractivity contribution is 5.88. The molecule has 24 heteroatoms. The average molecular weight is 746 g/mol. The first-order valence-corrected chi connectivity index (χ1v) is 12.2. The number of aliphatic hydroxyl groups is 1. The van der Waals surface area contributed by atoms with Crippen LogP contribution in [0.2, 0.25) is 0 Å². The Morgan fingerprint density at radius 2 is 0.917 bits per heavy atom. The fourth-order valence-corrected chi connectivity index (χ4v) is 2.90. The molecule has 0 saturated heterocycles. The summed E-state index contributed by atoms with van der Waals surface area (Å²) < 4.78 is 243. The normalized spacial score (nSPS) is 15.0. The van der Waals surface area contributed by atoms with Crippen molar-refractivity contribution in [2.24, 2.45) is 5.41 Å². The molecule has 48 heavy (non-hydrogen) atoms. The molecule has 0 amide bonds. The molecular weight excluding hydrogens is 723 g/mol. The first-order chi connectivity index (χ1) is 21.0. The molecule has 0 heterocycles. The van der Waals surface area contributed by atoms with E-state index in [4.69, 9.17) is 0 Å². The van der Waals surface area contributed by atoms with Crippen molar-refractivity contribution in [3.63, 3.8) is 0 Å². The van der Waals surface area contributed by atoms with Crippen LogP contribution in [-0.4, -0.2) is 96.6 Å². The second kappa shape index (κ2) is 13.9. The van der Waals surface area contributed by atoms with Crippen LogP contribution in [0.15, 0.2) is 24.3 Å². The van der Waals surface area contributed by atoms with E-state index in [1.807, 2.05) is 0 Å². The lowest BCUT2D eigenvalue weighted by molar-refractivity contribution is -0.462. The van der Waals surface area contributed by atoms with E-state index in [1.54, 1.807) is 0 Å². The molecule has 7 nitrogen and oxygen atoms in total. The van der Waals surface area contributed by atoms with E-state index >= 15 is 0 Å². The third-order valence-electron chi connectivity index (χ3n) is 5.98. The molecule has 0 aliphatic carbocycles. The Kier molecular flexibility index (Phi) is 12.9. The molecule has 1 atom stereocenters. The summed E-state index contributed by atoms with van der Waals surface area (Å²) in [5, 5.41) is 9.22. The van der Waals surface area contributed by atoms with Crippen LogP contribution in [0.5, 0.6) is 0 Å². The highest BCUT2D eigenvalue weighted by Gasteiger charge is 2.95. The highest BCUT2D eigenvalue weighted by Crippen LogP contribution is 2.64. The minimum absolute atomic E-state index is 0.344. The number of ether oxygens (including phenoxy) is 3. The maximum atomic E-state index is 14.4. The lowest BCUT2D eigenvalue weighted by Gasteiger charge is -2.43. The van der Waals surface area contributed by atoms with Gasteiger partial charge in [-0.2, -0.15) is 74.6 Å². The molecular formula is C24H23F17O7. The number of carbonyl (C=O) groups is 3. The summed E-state index contributed by atoms with van der Waals surface area (Å²) in [6.45, 7) is 4.42. The zero-order valence-electron chi connectivity index (χ0n) is 24.1. The largest absolute Gasteiger partial charge is 0.461 e. The number of hydrogen-bond acceptors (Lipinski definition) is 7. The molecule has 0 aliphatic heterocycles. The van der Waals surface area contributed by atoms with Crippen LogP contribution in [0.1, 0.15) is 27.2 Å². The van der Waals surface area contributed by atoms with Gasteiger partial charge in [-0.1, -0.05) is 13.2 Å². The predicted octanol–water partition coefficient (Wildman–Crippen LogP) is 6.53. The number of carbonyl (C=O) groups excluding carboxylic acids is 3. The number of esters is 3. The molecule has 0 aliphatic rings. The molecule has 0 bridgehead atoms. The van der Waals surface area contributed by atoms with Gasteiger partial charge in [0, 0.05) is 11.1 Å². The summed E-state index contributed by atoms with van der Waals surface area (Å²) in [5.74, 6) is -63.0. The molecule has 1 N–H and O–H groups in total. The standard InChI is InChI=1S/C24H23F17O7/c1-10(2)13(43)46-8-16(5,9-47-14(44)11(3)4)15(45)48-12(7-42)6-17(25,26)18(27,28)19(29,30)20(31,32)21(33,34)22(35,36)23(37,38)24(39,40)41/h12,42H,1,3,6-9H2,2,4-5H3. The van der Waals surface area contributed by atoms with Crippen LogP contribution < -0.4 is 0 Å². The van der Waals surface area contributed by atoms with Crippen molar-refractivity contribution < 1.29 is 108 Å². The number of aliphatic hydroxyl groups excluding tert-OH is 1. The van der Waals surface area contributed by atoms with Crippen molar-refractivity contribution in [2.75, 3.05) is 19.8 Å². The molecule has 0 rings (SSSR count). The Hall–Kier alpha value is -3.34. The molecule has 0 aromatic rings. The average Bonchev–Trinajstić information content (AvgIpc) is 2.92. The lowest BCUT2D eigenvalue weighted by atomic mass is 9.87. The monoisotopic (exact) mass is 746 g/mol. The quantitative estimate of drug-likeness (QED) is 0.0783. The predicted molar refractivity (Wildman–Crippen MR) is 122 cm³/mol. The van der Waals surface area contributed by atoms with Gasteiger partial charge in [-0.05, 0) is 20.8 Å². The van der Waals surface area contributed by atoms with Gasteiger partial charge in [0.1, 0.15) is 24.7 Å². The smallest absolute Gasteiger partial charge is 0.460 e. The second-order valence-corrected chi connectivity index (χ2v) is 10.3. The van der Waals surface area contributed by atoms with Crippen LogP contribution in [0, 0.1) is 5.41 Å². The van der Waals surface area contributed by atoms with Gasteiger partial charge in [0.15, 0.2) is 0 Å². The number of hydrogen-bond donors (Lipinski definition) is 1. The molecule has 0 radical (unpaired) electrons. The number of halogens is 17. The summed E-state index contributed by atoms with van der Waals surface area (Å²) >= 11 is 0. The molecule has 0 spiro atoms. The van der Waals surface area contributed by atoms with Gasteiger partial charge in [0.05, 0.1) is 13.0 Å². The van der Waals surface area contributed by atoms with Gasteiger partial charge in [-0.3, -0.25) is 4.79 Å². The summed E-state index contributed by atoms with van der Waals surface area (Å²) in [4.78, 5) is 36.1. The maximum Gasteiger partial charge on any atom is 0.460 e. The fourth-order valence-electron chi connectivity index (χ4n) is 2.90. The second-order valence-electron chi connectivity index (χ2n) is 10.3. The zero-order valence-corrected chi connectivity index (χ0v) is 24.1. The van der Waals surface area contributed by atoms with Gasteiger partial charge in [-0.15, -0.1) is 0 Å². The third-order valence-corrected chi connectivity index (χ3v) is 5.98. The molecule has 0 aromatic heterocycles. The van der Waals surface area contributed by atoms with Crippen molar-refractivity contribution in [3.8, 4) is 0 Å². The van der Waals surface area contributed by atoms with Crippen molar-refractivity contribution >= 4 is 17.9 Å². The maximum absolute atomic E-state index is 14.4. The molecule has 0 saturated carbocycles. The Balaban J connectivity index is 6.62. The fraction of sp³-hybridized carbons (Fsp3) is 0.708. The van der Waals surface area contributed by atoms with Gasteiger partial charge in [-0.25, -0.2) is 9.59 Å². The van der Waals surface area contributed by atoms with Crippen LogP contribution in [0.3, 0.4) is 0 Å². The van der Waals surface area contributed by atoms with Crippen LogP contribution in [0.4, 0.5) is 74.6 Å². The zero-order chi connectivity index (χ0) is 38.9. The van der Waals surface area contributed by atoms with Crippen LogP contribution in [0.25, 0.3) is 0 Å².